The topological polar surface area (TPSA) is 97.8 Å². The number of nitriles is 1. The van der Waals surface area contributed by atoms with Crippen molar-refractivity contribution in [2.75, 3.05) is 73.6 Å². The number of nitrogens with two attached hydrogens (primary N) is 1. The number of rotatable bonds is 5. The Morgan fingerprint density at radius 2 is 1.85 bits per heavy atom. The number of piperazine rings is 1. The number of pyridine rings is 2. The highest BCUT2D eigenvalue weighted by molar-refractivity contribution is 5.95. The van der Waals surface area contributed by atoms with Gasteiger partial charge in [0, 0.05) is 81.7 Å². The van der Waals surface area contributed by atoms with Crippen LogP contribution in [0.2, 0.25) is 0 Å². The van der Waals surface area contributed by atoms with Gasteiger partial charge in [0.2, 0.25) is 0 Å². The van der Waals surface area contributed by atoms with Crippen LogP contribution < -0.4 is 20.4 Å². The molecule has 39 heavy (non-hydrogen) atoms. The van der Waals surface area contributed by atoms with Crippen LogP contribution in [0.15, 0.2) is 42.6 Å². The normalized spacial score (nSPS) is 23.9. The molecule has 1 aromatic carbocycles. The van der Waals surface area contributed by atoms with Gasteiger partial charge in [-0.15, -0.1) is 0 Å². The van der Waals surface area contributed by atoms with E-state index in [1.54, 1.807) is 6.07 Å². The molecule has 0 unspecified atom stereocenters. The first-order valence-corrected chi connectivity index (χ1v) is 13.9. The lowest BCUT2D eigenvalue weighted by Gasteiger charge is -2.47. The number of aryl methyl sites for hydroxylation is 1. The van der Waals surface area contributed by atoms with Gasteiger partial charge in [0.05, 0.1) is 36.0 Å². The number of fused-ring (bicyclic) bond motifs is 1. The van der Waals surface area contributed by atoms with Crippen molar-refractivity contribution in [2.24, 2.45) is 5.73 Å². The monoisotopic (exact) mass is 527 g/mol. The minimum Gasteiger partial charge on any atom is -0.370 e. The summed E-state index contributed by atoms with van der Waals surface area (Å²) in [7, 11) is 0. The van der Waals surface area contributed by atoms with Crippen molar-refractivity contribution < 1.29 is 6.11 Å². The van der Waals surface area contributed by atoms with Crippen molar-refractivity contribution in [1.29, 1.82) is 5.26 Å². The zero-order valence-corrected chi connectivity index (χ0v) is 23.1. The highest BCUT2D eigenvalue weighted by Gasteiger charge is 2.36. The Morgan fingerprint density at radius 1 is 1.08 bits per heavy atom. The minimum absolute atomic E-state index is 0.0776. The Kier molecular flexibility index (Phi) is 6.47. The molecule has 0 radical (unpaired) electrons. The van der Waals surface area contributed by atoms with Crippen LogP contribution in [-0.4, -0.2) is 91.5 Å². The van der Waals surface area contributed by atoms with Gasteiger partial charge in [-0.3, -0.25) is 9.88 Å². The van der Waals surface area contributed by atoms with Gasteiger partial charge in [0.15, 0.2) is 0 Å². The summed E-state index contributed by atoms with van der Waals surface area (Å²) in [5.41, 5.74) is 10.5. The fourth-order valence-corrected chi connectivity index (χ4v) is 6.31. The lowest BCUT2D eigenvalue weighted by molar-refractivity contribution is -0.0327. The molecule has 3 aliphatic rings. The van der Waals surface area contributed by atoms with E-state index in [0.717, 1.165) is 81.5 Å². The maximum atomic E-state index is 9.56. The second-order valence-corrected chi connectivity index (χ2v) is 11.6. The van der Waals surface area contributed by atoms with Gasteiger partial charge in [-0.2, -0.15) is 5.26 Å². The number of aromatic nitrogens is 2. The Bertz CT molecular complexity index is 1440. The summed E-state index contributed by atoms with van der Waals surface area (Å²) in [4.78, 5) is 18.8. The van der Waals surface area contributed by atoms with Crippen molar-refractivity contribution in [3.8, 4) is 6.07 Å². The number of nitrogens with zero attached hydrogens (tertiary/aromatic N) is 7. The van der Waals surface area contributed by atoms with Crippen LogP contribution in [0, 0.1) is 18.3 Å². The van der Waals surface area contributed by atoms with E-state index < -0.39 is 0 Å². The standard InChI is InChI=1S/C30H38N8O/c1-21-16-37(27-7-6-23(15-31)29-25(27)5-4-10-33-29)18-24(39-21)17-35-11-13-36(14-12-35)28-9-8-26(22(2)34-28)38-19-30(3,32)20-38/h4-10,21,24H,11-14,16-20,32H2,1-3H3/t21-,24+/m1/s1/i10D. The molecule has 0 saturated carbocycles. The second kappa shape index (κ2) is 10.3. The summed E-state index contributed by atoms with van der Waals surface area (Å²) in [6.07, 6.45) is 0.335. The molecular weight excluding hydrogens is 488 g/mol. The first kappa shape index (κ1) is 24.6. The summed E-state index contributed by atoms with van der Waals surface area (Å²) in [6.45, 7) is 14.3. The predicted molar refractivity (Wildman–Crippen MR) is 155 cm³/mol. The van der Waals surface area contributed by atoms with Gasteiger partial charge >= 0.3 is 0 Å². The van der Waals surface area contributed by atoms with Crippen molar-refractivity contribution in [2.45, 2.75) is 38.5 Å². The van der Waals surface area contributed by atoms with Crippen LogP contribution in [0.25, 0.3) is 10.9 Å². The third-order valence-corrected chi connectivity index (χ3v) is 8.13. The van der Waals surface area contributed by atoms with Crippen molar-refractivity contribution in [1.82, 2.24) is 14.9 Å². The number of ether oxygens (including phenoxy) is 1. The molecular formula is C30H38N8O. The summed E-state index contributed by atoms with van der Waals surface area (Å²) in [5.74, 6) is 1.04. The number of benzene rings is 1. The van der Waals surface area contributed by atoms with Gasteiger partial charge in [0.1, 0.15) is 11.9 Å². The molecule has 3 fully saturated rings. The van der Waals surface area contributed by atoms with Crippen LogP contribution in [0.3, 0.4) is 0 Å². The highest BCUT2D eigenvalue weighted by atomic mass is 16.5. The van der Waals surface area contributed by atoms with Gasteiger partial charge in [-0.25, -0.2) is 4.98 Å². The van der Waals surface area contributed by atoms with Crippen molar-refractivity contribution in [3.63, 3.8) is 0 Å². The molecule has 3 saturated heterocycles. The molecule has 5 heterocycles. The predicted octanol–water partition coefficient (Wildman–Crippen LogP) is 2.76. The van der Waals surface area contributed by atoms with Crippen LogP contribution in [0.5, 0.6) is 0 Å². The van der Waals surface area contributed by atoms with Gasteiger partial charge < -0.3 is 25.2 Å². The van der Waals surface area contributed by atoms with E-state index in [0.29, 0.717) is 11.1 Å². The fraction of sp³-hybridized carbons (Fsp3) is 0.500. The molecule has 0 amide bonds. The van der Waals surface area contributed by atoms with E-state index >= 15 is 0 Å². The van der Waals surface area contributed by atoms with E-state index in [9.17, 15) is 5.26 Å². The fourth-order valence-electron chi connectivity index (χ4n) is 6.31. The molecule has 204 valence electrons. The minimum atomic E-state index is -0.0996. The first-order chi connectivity index (χ1) is 19.2. The molecule has 2 atom stereocenters. The highest BCUT2D eigenvalue weighted by Crippen LogP contribution is 2.31. The van der Waals surface area contributed by atoms with Crippen molar-refractivity contribution >= 4 is 28.1 Å². The second-order valence-electron chi connectivity index (χ2n) is 11.6. The molecule has 0 aliphatic carbocycles. The van der Waals surface area contributed by atoms with E-state index in [1.165, 1.54) is 5.69 Å². The SMILES string of the molecule is [2H]c1ccc2c(N3C[C@H](CN4CCN(c5ccc(N6CC(C)(N)C6)c(C)n5)CC4)O[C@H](C)C3)ccc(C#N)c2n1. The first-order valence-electron chi connectivity index (χ1n) is 14.4. The number of hydrogen-bond donors (Lipinski definition) is 1. The molecule has 3 aromatic rings. The molecule has 3 aliphatic heterocycles. The Hall–Kier alpha value is -3.45. The van der Waals surface area contributed by atoms with E-state index in [1.807, 2.05) is 18.2 Å². The Morgan fingerprint density at radius 3 is 2.56 bits per heavy atom. The third-order valence-electron chi connectivity index (χ3n) is 8.13. The smallest absolute Gasteiger partial charge is 0.129 e. The number of anilines is 3. The Balaban J connectivity index is 1.08. The zero-order valence-electron chi connectivity index (χ0n) is 24.1. The largest absolute Gasteiger partial charge is 0.370 e. The van der Waals surface area contributed by atoms with E-state index in [2.05, 4.69) is 63.6 Å². The quantitative estimate of drug-likeness (QED) is 0.537. The van der Waals surface area contributed by atoms with E-state index in [-0.39, 0.29) is 23.9 Å². The average Bonchev–Trinajstić information content (AvgIpc) is 2.91. The summed E-state index contributed by atoms with van der Waals surface area (Å²) in [5, 5.41) is 10.5. The molecule has 6 rings (SSSR count). The maximum Gasteiger partial charge on any atom is 0.129 e. The van der Waals surface area contributed by atoms with Crippen LogP contribution in [0.1, 0.15) is 26.5 Å². The van der Waals surface area contributed by atoms with Gasteiger partial charge in [-0.1, -0.05) is 0 Å². The molecule has 9 nitrogen and oxygen atoms in total. The summed E-state index contributed by atoms with van der Waals surface area (Å²) in [6, 6.07) is 14.0. The van der Waals surface area contributed by atoms with Crippen molar-refractivity contribution in [3.05, 3.63) is 53.8 Å². The van der Waals surface area contributed by atoms with Gasteiger partial charge in [-0.05, 0) is 57.2 Å². The molecule has 0 spiro atoms. The molecule has 9 heteroatoms. The van der Waals surface area contributed by atoms with Crippen LogP contribution in [-0.2, 0) is 4.74 Å². The van der Waals surface area contributed by atoms with E-state index in [4.69, 9.17) is 16.8 Å². The summed E-state index contributed by atoms with van der Waals surface area (Å²) >= 11 is 0. The molecule has 0 bridgehead atoms. The van der Waals surface area contributed by atoms with Crippen LogP contribution >= 0.6 is 0 Å². The summed E-state index contributed by atoms with van der Waals surface area (Å²) < 4.78 is 14.3. The number of morpholine rings is 1. The van der Waals surface area contributed by atoms with Gasteiger partial charge in [0.25, 0.3) is 0 Å². The average molecular weight is 528 g/mol. The third kappa shape index (κ3) is 5.24. The molecule has 2 N–H and O–H groups in total. The molecule has 2 aromatic heterocycles. The Labute approximate surface area is 232 Å². The maximum absolute atomic E-state index is 9.56. The van der Waals surface area contributed by atoms with Crippen LogP contribution in [0.4, 0.5) is 17.2 Å². The lowest BCUT2D eigenvalue weighted by atomic mass is 9.93. The lowest BCUT2D eigenvalue weighted by Crippen LogP contribution is -2.65. The zero-order chi connectivity index (χ0) is 28.0. The number of hydrogen-bond acceptors (Lipinski definition) is 9.